The van der Waals surface area contributed by atoms with Crippen molar-refractivity contribution < 1.29 is 8.42 Å². The molecule has 3 nitrogen and oxygen atoms in total. The van der Waals surface area contributed by atoms with E-state index in [1.54, 1.807) is 0 Å². The summed E-state index contributed by atoms with van der Waals surface area (Å²) < 4.78 is 22.8. The maximum absolute atomic E-state index is 11.4. The summed E-state index contributed by atoms with van der Waals surface area (Å²) in [7, 11) is -2.94. The van der Waals surface area contributed by atoms with Gasteiger partial charge in [0.1, 0.15) is 0 Å². The van der Waals surface area contributed by atoms with Gasteiger partial charge in [0, 0.05) is 4.88 Å². The Bertz CT molecular complexity index is 329. The number of sulfone groups is 1. The Morgan fingerprint density at radius 2 is 2.23 bits per heavy atom. The van der Waals surface area contributed by atoms with Crippen LogP contribution < -0.4 is 5.73 Å². The molecule has 0 radical (unpaired) electrons. The quantitative estimate of drug-likeness (QED) is 0.804. The zero-order chi connectivity index (χ0) is 9.73. The number of thiophene rings is 1. The number of hydrogen-bond acceptors (Lipinski definition) is 4. The summed E-state index contributed by atoms with van der Waals surface area (Å²) in [5, 5.41) is 1.88. The van der Waals surface area contributed by atoms with Crippen molar-refractivity contribution in [1.29, 1.82) is 0 Å². The number of nitrogens with two attached hydrogens (primary N) is 1. The molecule has 0 aliphatic rings. The highest BCUT2D eigenvalue weighted by Crippen LogP contribution is 2.13. The first kappa shape index (κ1) is 10.7. The Labute approximate surface area is 82.5 Å². The van der Waals surface area contributed by atoms with Crippen molar-refractivity contribution >= 4 is 21.2 Å². The van der Waals surface area contributed by atoms with Crippen molar-refractivity contribution in [1.82, 2.24) is 0 Å². The SMILES string of the molecule is NCCCS(=O)(=O)Cc1cccs1. The van der Waals surface area contributed by atoms with Crippen molar-refractivity contribution in [2.75, 3.05) is 12.3 Å². The minimum absolute atomic E-state index is 0.157. The monoisotopic (exact) mass is 219 g/mol. The summed E-state index contributed by atoms with van der Waals surface area (Å²) in [6, 6.07) is 3.70. The van der Waals surface area contributed by atoms with Gasteiger partial charge in [-0.2, -0.15) is 0 Å². The molecule has 1 aromatic rings. The second kappa shape index (κ2) is 4.74. The Kier molecular flexibility index (Phi) is 3.90. The van der Waals surface area contributed by atoms with Gasteiger partial charge in [0.2, 0.25) is 0 Å². The maximum atomic E-state index is 11.4. The summed E-state index contributed by atoms with van der Waals surface area (Å²) in [5.74, 6) is 0.353. The van der Waals surface area contributed by atoms with E-state index in [1.165, 1.54) is 11.3 Å². The molecule has 0 amide bonds. The van der Waals surface area contributed by atoms with E-state index in [-0.39, 0.29) is 11.5 Å². The molecule has 1 rings (SSSR count). The maximum Gasteiger partial charge on any atom is 0.155 e. The van der Waals surface area contributed by atoms with Crippen molar-refractivity contribution in [3.8, 4) is 0 Å². The number of rotatable bonds is 5. The minimum Gasteiger partial charge on any atom is -0.330 e. The Morgan fingerprint density at radius 1 is 1.46 bits per heavy atom. The summed E-state index contributed by atoms with van der Waals surface area (Å²) in [5.41, 5.74) is 5.25. The Balaban J connectivity index is 2.53. The van der Waals surface area contributed by atoms with E-state index < -0.39 is 9.84 Å². The predicted molar refractivity (Wildman–Crippen MR) is 55.5 cm³/mol. The largest absolute Gasteiger partial charge is 0.330 e. The third kappa shape index (κ3) is 3.89. The van der Waals surface area contributed by atoms with Crippen LogP contribution in [0.1, 0.15) is 11.3 Å². The van der Waals surface area contributed by atoms with E-state index in [9.17, 15) is 8.42 Å². The first-order chi connectivity index (χ1) is 6.14. The highest BCUT2D eigenvalue weighted by atomic mass is 32.2. The molecule has 0 atom stereocenters. The second-order valence-corrected chi connectivity index (χ2v) is 6.03. The Morgan fingerprint density at radius 3 is 2.77 bits per heavy atom. The first-order valence-electron chi connectivity index (χ1n) is 4.07. The van der Waals surface area contributed by atoms with Crippen molar-refractivity contribution in [2.45, 2.75) is 12.2 Å². The van der Waals surface area contributed by atoms with Gasteiger partial charge in [0.25, 0.3) is 0 Å². The molecule has 5 heteroatoms. The summed E-state index contributed by atoms with van der Waals surface area (Å²) in [6.45, 7) is 0.434. The molecule has 13 heavy (non-hydrogen) atoms. The van der Waals surface area contributed by atoms with Gasteiger partial charge in [-0.15, -0.1) is 11.3 Å². The van der Waals surface area contributed by atoms with Crippen LogP contribution >= 0.6 is 11.3 Å². The average molecular weight is 219 g/mol. The smallest absolute Gasteiger partial charge is 0.155 e. The molecule has 0 fully saturated rings. The van der Waals surface area contributed by atoms with E-state index in [0.717, 1.165) is 4.88 Å². The molecule has 0 aliphatic heterocycles. The van der Waals surface area contributed by atoms with Crippen LogP contribution in [0, 0.1) is 0 Å². The predicted octanol–water partition coefficient (Wildman–Crippen LogP) is 1.01. The lowest BCUT2D eigenvalue weighted by molar-refractivity contribution is 0.593. The van der Waals surface area contributed by atoms with Gasteiger partial charge in [-0.25, -0.2) is 8.42 Å². The van der Waals surface area contributed by atoms with Gasteiger partial charge in [0.15, 0.2) is 9.84 Å². The van der Waals surface area contributed by atoms with Crippen LogP contribution in [0.3, 0.4) is 0 Å². The van der Waals surface area contributed by atoms with Gasteiger partial charge in [-0.05, 0) is 24.4 Å². The fraction of sp³-hybridized carbons (Fsp3) is 0.500. The normalized spacial score (nSPS) is 11.8. The molecule has 0 unspecified atom stereocenters. The summed E-state index contributed by atoms with van der Waals surface area (Å²) in [6.07, 6.45) is 0.549. The fourth-order valence-electron chi connectivity index (χ4n) is 0.987. The van der Waals surface area contributed by atoms with Gasteiger partial charge in [0.05, 0.1) is 11.5 Å². The topological polar surface area (TPSA) is 60.2 Å². The molecule has 0 spiro atoms. The molecular weight excluding hydrogens is 206 g/mol. The second-order valence-electron chi connectivity index (χ2n) is 2.81. The lowest BCUT2D eigenvalue weighted by atomic mass is 10.5. The van der Waals surface area contributed by atoms with Gasteiger partial charge in [-0.1, -0.05) is 6.07 Å². The van der Waals surface area contributed by atoms with E-state index in [1.807, 2.05) is 17.5 Å². The third-order valence-electron chi connectivity index (χ3n) is 1.60. The summed E-state index contributed by atoms with van der Waals surface area (Å²) in [4.78, 5) is 0.900. The average Bonchev–Trinajstić information content (AvgIpc) is 2.52. The highest BCUT2D eigenvalue weighted by Gasteiger charge is 2.11. The molecule has 0 saturated carbocycles. The van der Waals surface area contributed by atoms with Crippen LogP contribution in [0.2, 0.25) is 0 Å². The Hall–Kier alpha value is -0.390. The van der Waals surface area contributed by atoms with Crippen LogP contribution in [0.4, 0.5) is 0 Å². The molecule has 1 aromatic heterocycles. The first-order valence-corrected chi connectivity index (χ1v) is 6.77. The zero-order valence-corrected chi connectivity index (χ0v) is 8.90. The minimum atomic E-state index is -2.94. The van der Waals surface area contributed by atoms with Crippen molar-refractivity contribution in [3.63, 3.8) is 0 Å². The van der Waals surface area contributed by atoms with Crippen LogP contribution in [0.25, 0.3) is 0 Å². The van der Waals surface area contributed by atoms with Crippen LogP contribution in [-0.4, -0.2) is 20.7 Å². The molecule has 0 aromatic carbocycles. The third-order valence-corrected chi connectivity index (χ3v) is 4.32. The van der Waals surface area contributed by atoms with Crippen molar-refractivity contribution in [2.24, 2.45) is 5.73 Å². The molecule has 0 bridgehead atoms. The van der Waals surface area contributed by atoms with Crippen LogP contribution in [0.15, 0.2) is 17.5 Å². The molecule has 1 heterocycles. The lowest BCUT2D eigenvalue weighted by Crippen LogP contribution is -2.12. The van der Waals surface area contributed by atoms with E-state index >= 15 is 0 Å². The standard InChI is InChI=1S/C8H13NO2S2/c9-4-2-6-13(10,11)7-8-3-1-5-12-8/h1,3,5H,2,4,6-7,9H2. The van der Waals surface area contributed by atoms with Crippen LogP contribution in [-0.2, 0) is 15.6 Å². The molecule has 74 valence electrons. The molecule has 0 saturated heterocycles. The van der Waals surface area contributed by atoms with E-state index in [0.29, 0.717) is 13.0 Å². The van der Waals surface area contributed by atoms with Crippen molar-refractivity contribution in [3.05, 3.63) is 22.4 Å². The highest BCUT2D eigenvalue weighted by molar-refractivity contribution is 7.90. The zero-order valence-electron chi connectivity index (χ0n) is 7.27. The molecule has 0 aliphatic carbocycles. The molecular formula is C8H13NO2S2. The number of hydrogen-bond donors (Lipinski definition) is 1. The van der Waals surface area contributed by atoms with E-state index in [4.69, 9.17) is 5.73 Å². The van der Waals surface area contributed by atoms with Crippen LogP contribution in [0.5, 0.6) is 0 Å². The van der Waals surface area contributed by atoms with Gasteiger partial charge < -0.3 is 5.73 Å². The van der Waals surface area contributed by atoms with Gasteiger partial charge >= 0.3 is 0 Å². The van der Waals surface area contributed by atoms with E-state index in [2.05, 4.69) is 0 Å². The lowest BCUT2D eigenvalue weighted by Gasteiger charge is -2.00. The molecule has 2 N–H and O–H groups in total. The van der Waals surface area contributed by atoms with Gasteiger partial charge in [-0.3, -0.25) is 0 Å². The fourth-order valence-corrected chi connectivity index (χ4v) is 3.57. The summed E-state index contributed by atoms with van der Waals surface area (Å²) >= 11 is 1.47.